The molecule has 1 aromatic rings. The number of hydrogen-bond acceptors (Lipinski definition) is 2. The van der Waals surface area contributed by atoms with Gasteiger partial charge in [-0.15, -0.1) is 12.4 Å². The predicted molar refractivity (Wildman–Crippen MR) is 62.2 cm³/mol. The Bertz CT molecular complexity index is 276. The highest BCUT2D eigenvalue weighted by atomic mass is 35.5. The second kappa shape index (κ2) is 5.89. The zero-order chi connectivity index (χ0) is 9.84. The van der Waals surface area contributed by atoms with Crippen LogP contribution in [-0.4, -0.2) is 30.1 Å². The van der Waals surface area contributed by atoms with E-state index >= 15 is 0 Å². The predicted octanol–water partition coefficient (Wildman–Crippen LogP) is 2.31. The topological polar surface area (TPSA) is 23.5 Å². The molecule has 0 saturated heterocycles. The molecular weight excluding hydrogens is 198 g/mol. The molecule has 1 N–H and O–H groups in total. The van der Waals surface area contributed by atoms with Gasteiger partial charge in [-0.1, -0.05) is 18.2 Å². The fourth-order valence-corrected chi connectivity index (χ4v) is 1.18. The van der Waals surface area contributed by atoms with Gasteiger partial charge in [-0.3, -0.25) is 0 Å². The molecule has 1 rings (SSSR count). The molecule has 0 aliphatic heterocycles. The van der Waals surface area contributed by atoms with Crippen molar-refractivity contribution >= 4 is 12.4 Å². The zero-order valence-corrected chi connectivity index (χ0v) is 9.71. The Morgan fingerprint density at radius 2 is 1.86 bits per heavy atom. The lowest BCUT2D eigenvalue weighted by atomic mass is 10.1. The van der Waals surface area contributed by atoms with Crippen molar-refractivity contribution in [3.8, 4) is 5.75 Å². The van der Waals surface area contributed by atoms with Gasteiger partial charge in [0.15, 0.2) is 0 Å². The lowest BCUT2D eigenvalue weighted by Crippen LogP contribution is -2.26. The van der Waals surface area contributed by atoms with Crippen molar-refractivity contribution in [3.05, 3.63) is 29.8 Å². The average molecular weight is 216 g/mol. The molecule has 2 nitrogen and oxygen atoms in total. The van der Waals surface area contributed by atoms with Gasteiger partial charge in [-0.05, 0) is 39.1 Å². The Balaban J connectivity index is 0.00000169. The van der Waals surface area contributed by atoms with Crippen molar-refractivity contribution in [2.45, 2.75) is 19.4 Å². The van der Waals surface area contributed by atoms with E-state index in [1.165, 1.54) is 0 Å². The van der Waals surface area contributed by atoms with Crippen LogP contribution < -0.4 is 0 Å². The van der Waals surface area contributed by atoms with Crippen molar-refractivity contribution in [2.24, 2.45) is 0 Å². The van der Waals surface area contributed by atoms with Crippen molar-refractivity contribution in [1.82, 2.24) is 4.90 Å². The third-order valence-electron chi connectivity index (χ3n) is 2.39. The standard InChI is InChI=1S/C11H17NO.ClH/c1-9(12(2)3)8-10-6-4-5-7-11(10)13;/h4-7,9,13H,8H2,1-3H3;1H. The van der Waals surface area contributed by atoms with E-state index in [9.17, 15) is 5.11 Å². The van der Waals surface area contributed by atoms with Gasteiger partial charge in [0.05, 0.1) is 0 Å². The second-order valence-electron chi connectivity index (χ2n) is 3.65. The summed E-state index contributed by atoms with van der Waals surface area (Å²) in [6.07, 6.45) is 0.889. The first kappa shape index (κ1) is 13.3. The highest BCUT2D eigenvalue weighted by Crippen LogP contribution is 2.18. The van der Waals surface area contributed by atoms with E-state index < -0.39 is 0 Å². The fourth-order valence-electron chi connectivity index (χ4n) is 1.18. The molecule has 1 atom stereocenters. The van der Waals surface area contributed by atoms with Gasteiger partial charge in [0.2, 0.25) is 0 Å². The summed E-state index contributed by atoms with van der Waals surface area (Å²) >= 11 is 0. The van der Waals surface area contributed by atoms with Crippen LogP contribution in [0.3, 0.4) is 0 Å². The van der Waals surface area contributed by atoms with Crippen LogP contribution in [0.4, 0.5) is 0 Å². The number of phenols is 1. The van der Waals surface area contributed by atoms with Crippen LogP contribution in [0.15, 0.2) is 24.3 Å². The van der Waals surface area contributed by atoms with Gasteiger partial charge < -0.3 is 10.0 Å². The molecule has 80 valence electrons. The van der Waals surface area contributed by atoms with Gasteiger partial charge in [-0.25, -0.2) is 0 Å². The van der Waals surface area contributed by atoms with Gasteiger partial charge >= 0.3 is 0 Å². The van der Waals surface area contributed by atoms with Gasteiger partial charge in [0, 0.05) is 6.04 Å². The maximum atomic E-state index is 9.52. The summed E-state index contributed by atoms with van der Waals surface area (Å²) in [6, 6.07) is 7.96. The number of halogens is 1. The maximum absolute atomic E-state index is 9.52. The van der Waals surface area contributed by atoms with Crippen molar-refractivity contribution < 1.29 is 5.11 Å². The number of hydrogen-bond donors (Lipinski definition) is 1. The lowest BCUT2D eigenvalue weighted by Gasteiger charge is -2.19. The summed E-state index contributed by atoms with van der Waals surface area (Å²) in [5.74, 6) is 0.399. The summed E-state index contributed by atoms with van der Waals surface area (Å²) in [5.41, 5.74) is 1.02. The molecule has 0 aliphatic carbocycles. The Morgan fingerprint density at radius 3 is 2.36 bits per heavy atom. The molecule has 0 radical (unpaired) electrons. The first-order valence-electron chi connectivity index (χ1n) is 4.54. The van der Waals surface area contributed by atoms with Crippen LogP contribution in [-0.2, 0) is 6.42 Å². The molecule has 0 bridgehead atoms. The van der Waals surface area contributed by atoms with Crippen LogP contribution in [0.2, 0.25) is 0 Å². The summed E-state index contributed by atoms with van der Waals surface area (Å²) in [7, 11) is 4.09. The summed E-state index contributed by atoms with van der Waals surface area (Å²) in [6.45, 7) is 2.15. The number of aromatic hydroxyl groups is 1. The molecule has 1 unspecified atom stereocenters. The molecule has 0 saturated carbocycles. The van der Waals surface area contributed by atoms with Crippen LogP contribution in [0, 0.1) is 0 Å². The maximum Gasteiger partial charge on any atom is 0.118 e. The summed E-state index contributed by atoms with van der Waals surface area (Å²) in [4.78, 5) is 2.15. The first-order valence-corrected chi connectivity index (χ1v) is 4.54. The van der Waals surface area contributed by atoms with E-state index in [0.29, 0.717) is 11.8 Å². The number of phenolic OH excluding ortho intramolecular Hbond substituents is 1. The molecule has 3 heteroatoms. The minimum atomic E-state index is 0. The Kier molecular flexibility index (Phi) is 5.58. The number of likely N-dealkylation sites (N-methyl/N-ethyl adjacent to an activating group) is 1. The third kappa shape index (κ3) is 3.56. The van der Waals surface area contributed by atoms with Crippen LogP contribution in [0.1, 0.15) is 12.5 Å². The number of para-hydroxylation sites is 1. The quantitative estimate of drug-likeness (QED) is 0.837. The van der Waals surface area contributed by atoms with Crippen molar-refractivity contribution in [2.75, 3.05) is 14.1 Å². The van der Waals surface area contributed by atoms with E-state index in [-0.39, 0.29) is 12.4 Å². The summed E-state index contributed by atoms with van der Waals surface area (Å²) < 4.78 is 0. The Morgan fingerprint density at radius 1 is 1.29 bits per heavy atom. The lowest BCUT2D eigenvalue weighted by molar-refractivity contribution is 0.309. The van der Waals surface area contributed by atoms with E-state index in [0.717, 1.165) is 12.0 Å². The SMILES string of the molecule is CC(Cc1ccccc1O)N(C)C.Cl. The van der Waals surface area contributed by atoms with Crippen LogP contribution in [0.25, 0.3) is 0 Å². The normalized spacial score (nSPS) is 12.3. The molecule has 0 spiro atoms. The minimum absolute atomic E-state index is 0. The molecule has 14 heavy (non-hydrogen) atoms. The number of rotatable bonds is 3. The van der Waals surface area contributed by atoms with Crippen molar-refractivity contribution in [3.63, 3.8) is 0 Å². The monoisotopic (exact) mass is 215 g/mol. The largest absolute Gasteiger partial charge is 0.508 e. The molecule has 0 amide bonds. The molecule has 0 aliphatic rings. The minimum Gasteiger partial charge on any atom is -0.508 e. The highest BCUT2D eigenvalue weighted by molar-refractivity contribution is 5.85. The molecule has 0 fully saturated rings. The van der Waals surface area contributed by atoms with E-state index in [4.69, 9.17) is 0 Å². The van der Waals surface area contributed by atoms with Crippen LogP contribution >= 0.6 is 12.4 Å². The summed E-state index contributed by atoms with van der Waals surface area (Å²) in [5, 5.41) is 9.52. The van der Waals surface area contributed by atoms with E-state index in [1.54, 1.807) is 6.07 Å². The van der Waals surface area contributed by atoms with E-state index in [2.05, 4.69) is 11.8 Å². The number of nitrogens with zero attached hydrogens (tertiary/aromatic N) is 1. The first-order chi connectivity index (χ1) is 6.11. The molecule has 0 heterocycles. The Hall–Kier alpha value is -0.730. The second-order valence-corrected chi connectivity index (χ2v) is 3.65. The fraction of sp³-hybridized carbons (Fsp3) is 0.455. The molecular formula is C11H18ClNO. The van der Waals surface area contributed by atoms with Crippen molar-refractivity contribution in [1.29, 1.82) is 0 Å². The average Bonchev–Trinajstić information content (AvgIpc) is 2.08. The van der Waals surface area contributed by atoms with Gasteiger partial charge in [0.1, 0.15) is 5.75 Å². The number of benzene rings is 1. The molecule has 0 aromatic heterocycles. The van der Waals surface area contributed by atoms with Gasteiger partial charge in [-0.2, -0.15) is 0 Å². The highest BCUT2D eigenvalue weighted by Gasteiger charge is 2.07. The zero-order valence-electron chi connectivity index (χ0n) is 8.90. The van der Waals surface area contributed by atoms with E-state index in [1.807, 2.05) is 32.3 Å². The smallest absolute Gasteiger partial charge is 0.118 e. The van der Waals surface area contributed by atoms with Gasteiger partial charge in [0.25, 0.3) is 0 Å². The van der Waals surface area contributed by atoms with Crippen LogP contribution in [0.5, 0.6) is 5.75 Å². The third-order valence-corrected chi connectivity index (χ3v) is 2.39. The Labute approximate surface area is 92.0 Å². The molecule has 1 aromatic carbocycles.